The predicted octanol–water partition coefficient (Wildman–Crippen LogP) is 3.66. The van der Waals surface area contributed by atoms with Crippen LogP contribution in [0.3, 0.4) is 0 Å². The molecule has 0 atom stereocenters. The van der Waals surface area contributed by atoms with Crippen molar-refractivity contribution < 1.29 is 19.1 Å². The zero-order valence-corrected chi connectivity index (χ0v) is 21.7. The lowest BCUT2D eigenvalue weighted by atomic mass is 10.3. The lowest BCUT2D eigenvalue weighted by Gasteiger charge is -2.09. The number of esters is 2. The number of nitrogens with one attached hydrogen (secondary N) is 1. The monoisotopic (exact) mass is 586 g/mol. The molecule has 0 saturated carbocycles. The van der Waals surface area contributed by atoms with Crippen molar-refractivity contribution in [1.29, 1.82) is 0 Å². The first-order valence-corrected chi connectivity index (χ1v) is 11.4. The molecule has 0 aliphatic rings. The van der Waals surface area contributed by atoms with Gasteiger partial charge in [0, 0.05) is 24.8 Å². The molecule has 4 heterocycles. The van der Waals surface area contributed by atoms with Gasteiger partial charge in [0.05, 0.1) is 13.2 Å². The Kier molecular flexibility index (Phi) is 13.4. The van der Waals surface area contributed by atoms with Crippen molar-refractivity contribution in [2.45, 2.75) is 21.3 Å². The lowest BCUT2D eigenvalue weighted by Crippen LogP contribution is -2.15. The molecular weight excluding hydrogens is 563 g/mol. The summed E-state index contributed by atoms with van der Waals surface area (Å²) in [6, 6.07) is 3.53. The fourth-order valence-electron chi connectivity index (χ4n) is 2.34. The summed E-state index contributed by atoms with van der Waals surface area (Å²) in [5.74, 6) is -1.08. The van der Waals surface area contributed by atoms with Gasteiger partial charge < -0.3 is 20.9 Å². The third-order valence-electron chi connectivity index (χ3n) is 3.83. The van der Waals surface area contributed by atoms with Crippen molar-refractivity contribution in [3.05, 3.63) is 64.0 Å². The number of carbonyl (C=O) groups is 2. The number of nitrogen functional groups attached to an aromatic ring is 2. The number of hydrogen-bond donors (Lipinski definition) is 3. The van der Waals surface area contributed by atoms with E-state index in [9.17, 15) is 9.59 Å². The van der Waals surface area contributed by atoms with E-state index in [1.54, 1.807) is 44.7 Å². The van der Waals surface area contributed by atoms with E-state index in [0.29, 0.717) is 0 Å². The van der Waals surface area contributed by atoms with E-state index in [0.717, 1.165) is 0 Å². The van der Waals surface area contributed by atoms with E-state index in [4.69, 9.17) is 55.7 Å². The summed E-state index contributed by atoms with van der Waals surface area (Å²) in [5, 5.41) is 9.87. The van der Waals surface area contributed by atoms with Crippen LogP contribution in [0.2, 0.25) is 15.7 Å². The van der Waals surface area contributed by atoms with Gasteiger partial charge in [0.2, 0.25) is 10.6 Å². The number of ether oxygens (including phenoxy) is 2. The van der Waals surface area contributed by atoms with Gasteiger partial charge in [-0.3, -0.25) is 5.10 Å². The predicted molar refractivity (Wildman–Crippen MR) is 142 cm³/mol. The Hall–Kier alpha value is -4.01. The Morgan fingerprint density at radius 2 is 1.47 bits per heavy atom. The standard InChI is InChI=1S/C10H10ClN5O2.C7H7Cl2N3O2.C3H4N2.CH4/c1-2-18-9(17)7-6(12)8(15-10(11)14-7)16-5-3-4-13-16;1-2-14-6(13)4-3(10)5(8)12-7(9)11-4;1-2-4-5-3-1;/h3-5H,2,12H2,1H3;2,10H2,1H3;1-3H,(H,4,5);1H4. The first kappa shape index (κ1) is 32.0. The minimum absolute atomic E-state index is 0. The minimum atomic E-state index is -0.670. The topological polar surface area (TPSA) is 203 Å². The molecule has 0 aliphatic heterocycles. The molecule has 0 amide bonds. The van der Waals surface area contributed by atoms with Gasteiger partial charge in [0.15, 0.2) is 22.4 Å². The van der Waals surface area contributed by atoms with Crippen molar-refractivity contribution >= 4 is 58.1 Å². The molecule has 17 heteroatoms. The average molecular weight is 588 g/mol. The van der Waals surface area contributed by atoms with Gasteiger partial charge in [-0.05, 0) is 49.2 Å². The van der Waals surface area contributed by atoms with Crippen molar-refractivity contribution in [2.24, 2.45) is 0 Å². The van der Waals surface area contributed by atoms with Crippen LogP contribution in [0, 0.1) is 0 Å². The highest BCUT2D eigenvalue weighted by Gasteiger charge is 2.20. The summed E-state index contributed by atoms with van der Waals surface area (Å²) in [7, 11) is 0. The number of aromatic amines is 1. The van der Waals surface area contributed by atoms with Crippen LogP contribution in [0.5, 0.6) is 0 Å². The van der Waals surface area contributed by atoms with Crippen LogP contribution in [0.4, 0.5) is 11.4 Å². The maximum Gasteiger partial charge on any atom is 0.359 e. The van der Waals surface area contributed by atoms with Gasteiger partial charge in [-0.2, -0.15) is 15.2 Å². The van der Waals surface area contributed by atoms with Gasteiger partial charge in [-0.25, -0.2) is 29.2 Å². The number of carbonyl (C=O) groups excluding carboxylic acids is 2. The van der Waals surface area contributed by atoms with Gasteiger partial charge in [0.1, 0.15) is 11.4 Å². The number of hydrogen-bond acceptors (Lipinski definition) is 12. The molecular formula is C21H25Cl3N10O4. The molecule has 0 spiro atoms. The molecule has 0 aromatic carbocycles. The Bertz CT molecular complexity index is 1290. The molecule has 0 aliphatic carbocycles. The smallest absolute Gasteiger partial charge is 0.359 e. The summed E-state index contributed by atoms with van der Waals surface area (Å²) in [6.07, 6.45) is 6.64. The number of rotatable bonds is 5. The molecule has 4 aromatic rings. The average Bonchev–Trinajstić information content (AvgIpc) is 3.60. The third kappa shape index (κ3) is 9.14. The molecule has 204 valence electrons. The second kappa shape index (κ2) is 16.0. The normalized spacial score (nSPS) is 9.61. The second-order valence-electron chi connectivity index (χ2n) is 6.28. The highest BCUT2D eigenvalue weighted by molar-refractivity contribution is 6.34. The van der Waals surface area contributed by atoms with Crippen LogP contribution in [0.25, 0.3) is 5.82 Å². The van der Waals surface area contributed by atoms with Crippen LogP contribution < -0.4 is 11.5 Å². The van der Waals surface area contributed by atoms with Crippen molar-refractivity contribution in [3.8, 4) is 5.82 Å². The summed E-state index contributed by atoms with van der Waals surface area (Å²) < 4.78 is 10.9. The van der Waals surface area contributed by atoms with E-state index in [1.807, 2.05) is 6.07 Å². The van der Waals surface area contributed by atoms with Gasteiger partial charge in [0.25, 0.3) is 0 Å². The second-order valence-corrected chi connectivity index (χ2v) is 7.32. The molecule has 5 N–H and O–H groups in total. The number of anilines is 2. The molecule has 4 aromatic heterocycles. The molecule has 0 unspecified atom stereocenters. The molecule has 0 saturated heterocycles. The first-order chi connectivity index (χ1) is 17.7. The summed E-state index contributed by atoms with van der Waals surface area (Å²) >= 11 is 16.8. The number of aromatic nitrogens is 8. The fourth-order valence-corrected chi connectivity index (χ4v) is 2.89. The zero-order chi connectivity index (χ0) is 27.4. The Morgan fingerprint density at radius 1 is 0.895 bits per heavy atom. The van der Waals surface area contributed by atoms with Gasteiger partial charge in [-0.15, -0.1) is 0 Å². The first-order valence-electron chi connectivity index (χ1n) is 10.3. The van der Waals surface area contributed by atoms with Crippen molar-refractivity contribution in [3.63, 3.8) is 0 Å². The van der Waals surface area contributed by atoms with E-state index in [2.05, 4.69) is 35.2 Å². The number of H-pyrrole nitrogens is 1. The van der Waals surface area contributed by atoms with Crippen LogP contribution >= 0.6 is 34.8 Å². The van der Waals surface area contributed by atoms with Crippen molar-refractivity contribution in [1.82, 2.24) is 39.9 Å². The van der Waals surface area contributed by atoms with Crippen LogP contribution in [-0.4, -0.2) is 65.1 Å². The zero-order valence-electron chi connectivity index (χ0n) is 19.4. The van der Waals surface area contributed by atoms with E-state index in [-0.39, 0.29) is 64.9 Å². The third-order valence-corrected chi connectivity index (χ3v) is 4.46. The van der Waals surface area contributed by atoms with E-state index >= 15 is 0 Å². The molecule has 0 radical (unpaired) electrons. The van der Waals surface area contributed by atoms with Gasteiger partial charge >= 0.3 is 11.9 Å². The van der Waals surface area contributed by atoms with Crippen molar-refractivity contribution in [2.75, 3.05) is 24.7 Å². The molecule has 14 nitrogen and oxygen atoms in total. The maximum absolute atomic E-state index is 11.7. The number of halogens is 3. The highest BCUT2D eigenvalue weighted by atomic mass is 35.5. The fraction of sp³-hybridized carbons (Fsp3) is 0.238. The molecule has 4 rings (SSSR count). The quantitative estimate of drug-likeness (QED) is 0.174. The largest absolute Gasteiger partial charge is 0.461 e. The Morgan fingerprint density at radius 3 is 1.92 bits per heavy atom. The van der Waals surface area contributed by atoms with E-state index in [1.165, 1.54) is 4.68 Å². The number of nitrogens with two attached hydrogens (primary N) is 2. The Balaban J connectivity index is 0.000000320. The summed E-state index contributed by atoms with van der Waals surface area (Å²) in [4.78, 5) is 37.8. The van der Waals surface area contributed by atoms with Crippen LogP contribution in [0.1, 0.15) is 42.3 Å². The summed E-state index contributed by atoms with van der Waals surface area (Å²) in [6.45, 7) is 3.79. The molecule has 0 bridgehead atoms. The van der Waals surface area contributed by atoms with Crippen LogP contribution in [0.15, 0.2) is 36.9 Å². The molecule has 38 heavy (non-hydrogen) atoms. The van der Waals surface area contributed by atoms with E-state index < -0.39 is 11.9 Å². The number of nitrogens with zero attached hydrogens (tertiary/aromatic N) is 7. The van der Waals surface area contributed by atoms with Gasteiger partial charge in [-0.1, -0.05) is 19.0 Å². The maximum atomic E-state index is 11.7. The van der Waals surface area contributed by atoms with Crippen LogP contribution in [-0.2, 0) is 9.47 Å². The highest BCUT2D eigenvalue weighted by Crippen LogP contribution is 2.22. The summed E-state index contributed by atoms with van der Waals surface area (Å²) in [5.41, 5.74) is 11.2. The minimum Gasteiger partial charge on any atom is -0.461 e. The lowest BCUT2D eigenvalue weighted by molar-refractivity contribution is 0.0511. The molecule has 0 fully saturated rings. The Labute approximate surface area is 232 Å². The SMILES string of the molecule is C.CCOC(=O)c1nc(Cl)nc(-n2cccn2)c1N.CCOC(=O)c1nc(Cl)nc(Cl)c1N.c1cn[nH]c1.